The highest BCUT2D eigenvalue weighted by molar-refractivity contribution is 8.03. The van der Waals surface area contributed by atoms with Crippen molar-refractivity contribution in [2.75, 3.05) is 17.2 Å². The van der Waals surface area contributed by atoms with Gasteiger partial charge in [-0.3, -0.25) is 0 Å². The van der Waals surface area contributed by atoms with E-state index in [2.05, 4.69) is 6.92 Å². The molecule has 0 amide bonds. The predicted octanol–water partition coefficient (Wildman–Crippen LogP) is 4.60. The van der Waals surface area contributed by atoms with Gasteiger partial charge in [-0.1, -0.05) is 6.07 Å². The first kappa shape index (κ1) is 14.3. The van der Waals surface area contributed by atoms with Crippen LogP contribution in [0.3, 0.4) is 0 Å². The first-order valence-electron chi connectivity index (χ1n) is 6.02. The van der Waals surface area contributed by atoms with Crippen molar-refractivity contribution in [1.82, 2.24) is 0 Å². The lowest BCUT2D eigenvalue weighted by Gasteiger charge is -2.06. The molecule has 2 rings (SSSR count). The van der Waals surface area contributed by atoms with Gasteiger partial charge >= 0.3 is 0 Å². The fourth-order valence-corrected chi connectivity index (χ4v) is 3.58. The molecular weight excluding hydrogens is 277 g/mol. The van der Waals surface area contributed by atoms with Crippen molar-refractivity contribution < 1.29 is 4.39 Å². The Hall–Kier alpha value is -1.13. The van der Waals surface area contributed by atoms with E-state index in [4.69, 9.17) is 5.73 Å². The van der Waals surface area contributed by atoms with Gasteiger partial charge in [0.1, 0.15) is 5.82 Å². The molecule has 0 aliphatic heterocycles. The zero-order valence-corrected chi connectivity index (χ0v) is 12.4. The number of hydrogen-bond acceptors (Lipinski definition) is 3. The monoisotopic (exact) mass is 293 g/mol. The van der Waals surface area contributed by atoms with Gasteiger partial charge in [-0.15, -0.1) is 23.5 Å². The van der Waals surface area contributed by atoms with Gasteiger partial charge in [-0.2, -0.15) is 0 Å². The predicted molar refractivity (Wildman–Crippen MR) is 83.4 cm³/mol. The number of thioether (sulfide) groups is 2. The largest absolute Gasteiger partial charge is 0.399 e. The second-order valence-corrected chi connectivity index (χ2v) is 6.48. The Morgan fingerprint density at radius 2 is 1.68 bits per heavy atom. The smallest absolute Gasteiger partial charge is 0.123 e. The van der Waals surface area contributed by atoms with Crippen LogP contribution in [0.1, 0.15) is 5.56 Å². The molecule has 0 heterocycles. The molecule has 0 fully saturated rings. The van der Waals surface area contributed by atoms with Crippen molar-refractivity contribution in [3.8, 4) is 0 Å². The van der Waals surface area contributed by atoms with E-state index in [0.29, 0.717) is 0 Å². The fourth-order valence-electron chi connectivity index (χ4n) is 1.61. The van der Waals surface area contributed by atoms with E-state index >= 15 is 0 Å². The Morgan fingerprint density at radius 3 is 2.42 bits per heavy atom. The number of nitrogens with two attached hydrogens (primary N) is 1. The standard InChI is InChI=1S/C15H16FNS2/c1-11-2-5-13(17)10-15(11)19-9-8-18-14-6-3-12(16)4-7-14/h2-7,10H,8-9,17H2,1H3. The number of aryl methyl sites for hydroxylation is 1. The third kappa shape index (κ3) is 4.48. The summed E-state index contributed by atoms with van der Waals surface area (Å²) < 4.78 is 12.8. The molecule has 2 N–H and O–H groups in total. The summed E-state index contributed by atoms with van der Waals surface area (Å²) in [5.74, 6) is 1.81. The van der Waals surface area contributed by atoms with Gasteiger partial charge in [0, 0.05) is 27.0 Å². The van der Waals surface area contributed by atoms with Crippen molar-refractivity contribution in [1.29, 1.82) is 0 Å². The molecule has 0 saturated carbocycles. The lowest BCUT2D eigenvalue weighted by molar-refractivity contribution is 0.626. The van der Waals surface area contributed by atoms with Gasteiger partial charge in [0.15, 0.2) is 0 Å². The quantitative estimate of drug-likeness (QED) is 0.495. The Labute approximate surface area is 121 Å². The summed E-state index contributed by atoms with van der Waals surface area (Å²) >= 11 is 3.55. The molecule has 0 radical (unpaired) electrons. The van der Waals surface area contributed by atoms with Crippen LogP contribution in [0, 0.1) is 12.7 Å². The van der Waals surface area contributed by atoms with Crippen LogP contribution in [-0.2, 0) is 0 Å². The van der Waals surface area contributed by atoms with Crippen LogP contribution in [0.2, 0.25) is 0 Å². The van der Waals surface area contributed by atoms with Crippen LogP contribution in [-0.4, -0.2) is 11.5 Å². The number of benzene rings is 2. The van der Waals surface area contributed by atoms with Gasteiger partial charge in [0.25, 0.3) is 0 Å². The number of hydrogen-bond donors (Lipinski definition) is 1. The highest BCUT2D eigenvalue weighted by atomic mass is 32.2. The van der Waals surface area contributed by atoms with Crippen LogP contribution in [0.5, 0.6) is 0 Å². The van der Waals surface area contributed by atoms with E-state index in [1.165, 1.54) is 22.6 Å². The SMILES string of the molecule is Cc1ccc(N)cc1SCCSc1ccc(F)cc1. The number of halogens is 1. The van der Waals surface area contributed by atoms with E-state index in [0.717, 1.165) is 22.1 Å². The minimum absolute atomic E-state index is 0.186. The first-order valence-corrected chi connectivity index (χ1v) is 7.99. The van der Waals surface area contributed by atoms with E-state index in [1.807, 2.05) is 42.1 Å². The van der Waals surface area contributed by atoms with E-state index in [9.17, 15) is 4.39 Å². The molecule has 2 aromatic rings. The Morgan fingerprint density at radius 1 is 1.00 bits per heavy atom. The lowest BCUT2D eigenvalue weighted by atomic mass is 10.2. The topological polar surface area (TPSA) is 26.0 Å². The van der Waals surface area contributed by atoms with E-state index in [-0.39, 0.29) is 5.82 Å². The Kier molecular flexibility index (Phi) is 5.16. The van der Waals surface area contributed by atoms with Gasteiger partial charge in [-0.05, 0) is 48.9 Å². The summed E-state index contributed by atoms with van der Waals surface area (Å²) in [5, 5.41) is 0. The second kappa shape index (κ2) is 6.87. The van der Waals surface area contributed by atoms with Gasteiger partial charge in [-0.25, -0.2) is 4.39 Å². The van der Waals surface area contributed by atoms with Gasteiger partial charge in [0.05, 0.1) is 0 Å². The molecule has 0 aliphatic rings. The highest BCUT2D eigenvalue weighted by Gasteiger charge is 2.01. The lowest BCUT2D eigenvalue weighted by Crippen LogP contribution is -1.90. The van der Waals surface area contributed by atoms with Crippen LogP contribution < -0.4 is 5.73 Å². The van der Waals surface area contributed by atoms with Crippen molar-refractivity contribution in [2.24, 2.45) is 0 Å². The molecule has 0 spiro atoms. The second-order valence-electron chi connectivity index (χ2n) is 4.18. The zero-order chi connectivity index (χ0) is 13.7. The molecule has 4 heteroatoms. The molecule has 0 atom stereocenters. The first-order chi connectivity index (χ1) is 9.15. The average Bonchev–Trinajstić information content (AvgIpc) is 2.40. The molecule has 0 aromatic heterocycles. The van der Waals surface area contributed by atoms with Crippen LogP contribution in [0.25, 0.3) is 0 Å². The van der Waals surface area contributed by atoms with Crippen molar-refractivity contribution in [3.05, 3.63) is 53.8 Å². The Balaban J connectivity index is 1.80. The van der Waals surface area contributed by atoms with Gasteiger partial charge < -0.3 is 5.73 Å². The zero-order valence-electron chi connectivity index (χ0n) is 10.7. The molecular formula is C15H16FNS2. The number of nitrogen functional groups attached to an aromatic ring is 1. The fraction of sp³-hybridized carbons (Fsp3) is 0.200. The molecule has 2 aromatic carbocycles. The highest BCUT2D eigenvalue weighted by Crippen LogP contribution is 2.27. The maximum Gasteiger partial charge on any atom is 0.123 e. The maximum absolute atomic E-state index is 12.8. The third-order valence-electron chi connectivity index (χ3n) is 2.64. The summed E-state index contributed by atoms with van der Waals surface area (Å²) in [7, 11) is 0. The van der Waals surface area contributed by atoms with Crippen LogP contribution >= 0.6 is 23.5 Å². The molecule has 100 valence electrons. The van der Waals surface area contributed by atoms with Crippen LogP contribution in [0.15, 0.2) is 52.3 Å². The molecule has 1 nitrogen and oxygen atoms in total. The summed E-state index contributed by atoms with van der Waals surface area (Å²) in [6.07, 6.45) is 0. The normalized spacial score (nSPS) is 10.6. The minimum Gasteiger partial charge on any atom is -0.399 e. The third-order valence-corrected chi connectivity index (χ3v) is 5.07. The molecule has 0 unspecified atom stereocenters. The van der Waals surface area contributed by atoms with Crippen molar-refractivity contribution in [3.63, 3.8) is 0 Å². The van der Waals surface area contributed by atoms with E-state index in [1.54, 1.807) is 11.8 Å². The summed E-state index contributed by atoms with van der Waals surface area (Å²) in [4.78, 5) is 2.34. The Bertz CT molecular complexity index is 540. The number of anilines is 1. The van der Waals surface area contributed by atoms with Crippen molar-refractivity contribution in [2.45, 2.75) is 16.7 Å². The number of rotatable bonds is 5. The molecule has 0 bridgehead atoms. The van der Waals surface area contributed by atoms with Crippen molar-refractivity contribution >= 4 is 29.2 Å². The minimum atomic E-state index is -0.186. The van der Waals surface area contributed by atoms with Gasteiger partial charge in [0.2, 0.25) is 0 Å². The average molecular weight is 293 g/mol. The molecule has 19 heavy (non-hydrogen) atoms. The van der Waals surface area contributed by atoms with Crippen LogP contribution in [0.4, 0.5) is 10.1 Å². The van der Waals surface area contributed by atoms with E-state index < -0.39 is 0 Å². The summed E-state index contributed by atoms with van der Waals surface area (Å²) in [6.45, 7) is 2.09. The maximum atomic E-state index is 12.8. The molecule has 0 saturated heterocycles. The summed E-state index contributed by atoms with van der Waals surface area (Å²) in [5.41, 5.74) is 7.84. The summed E-state index contributed by atoms with van der Waals surface area (Å²) in [6, 6.07) is 12.6. The molecule has 0 aliphatic carbocycles.